The molecule has 1 unspecified atom stereocenters. The standard InChI is InChI=1S/C24H20N4O2S/c1-17-20-15-9-10-16-21(20)24(27(25-17)18-11-5-3-6-12-18)28(19-13-7-4-8-14-19)26-22(31-24)23(29)30-2/h3-16H,1-2H3. The molecule has 3 aromatic carbocycles. The smallest absolute Gasteiger partial charge is 0.365 e. The number of para-hydroxylation sites is 2. The van der Waals surface area contributed by atoms with Gasteiger partial charge in [-0.2, -0.15) is 10.2 Å². The van der Waals surface area contributed by atoms with E-state index in [1.807, 2.05) is 89.7 Å². The summed E-state index contributed by atoms with van der Waals surface area (Å²) in [4.78, 5) is 11.7. The molecule has 154 valence electrons. The zero-order valence-corrected chi connectivity index (χ0v) is 17.9. The van der Waals surface area contributed by atoms with Crippen molar-refractivity contribution < 1.29 is 9.53 Å². The molecule has 0 saturated heterocycles. The average Bonchev–Trinajstić information content (AvgIpc) is 3.23. The molecule has 6 nitrogen and oxygen atoms in total. The predicted octanol–water partition coefficient (Wildman–Crippen LogP) is 4.78. The first-order valence-electron chi connectivity index (χ1n) is 9.87. The summed E-state index contributed by atoms with van der Waals surface area (Å²) in [5.41, 5.74) is 4.66. The van der Waals surface area contributed by atoms with Gasteiger partial charge in [-0.1, -0.05) is 60.7 Å². The summed E-state index contributed by atoms with van der Waals surface area (Å²) in [6.07, 6.45) is 0. The second-order valence-corrected chi connectivity index (χ2v) is 8.29. The number of hydrazone groups is 2. The Morgan fingerprint density at radius 3 is 2.00 bits per heavy atom. The van der Waals surface area contributed by atoms with E-state index in [1.165, 1.54) is 18.9 Å². The van der Waals surface area contributed by atoms with Gasteiger partial charge in [0.1, 0.15) is 0 Å². The number of esters is 1. The van der Waals surface area contributed by atoms with Crippen molar-refractivity contribution in [1.82, 2.24) is 0 Å². The number of ether oxygens (including phenoxy) is 1. The number of hydrogen-bond acceptors (Lipinski definition) is 7. The maximum atomic E-state index is 12.6. The third kappa shape index (κ3) is 3.00. The van der Waals surface area contributed by atoms with Crippen molar-refractivity contribution in [2.24, 2.45) is 10.2 Å². The van der Waals surface area contributed by atoms with Crippen LogP contribution >= 0.6 is 11.8 Å². The fraction of sp³-hybridized carbons (Fsp3) is 0.125. The Balaban J connectivity index is 1.80. The number of hydrogen-bond donors (Lipinski definition) is 0. The summed E-state index contributed by atoms with van der Waals surface area (Å²) >= 11 is 1.34. The molecule has 0 bridgehead atoms. The Morgan fingerprint density at radius 2 is 1.39 bits per heavy atom. The van der Waals surface area contributed by atoms with Crippen LogP contribution in [0.1, 0.15) is 18.1 Å². The number of anilines is 2. The molecule has 7 heteroatoms. The minimum absolute atomic E-state index is 0.275. The minimum Gasteiger partial charge on any atom is -0.464 e. The summed E-state index contributed by atoms with van der Waals surface area (Å²) in [6, 6.07) is 27.9. The highest BCUT2D eigenvalue weighted by atomic mass is 32.2. The monoisotopic (exact) mass is 428 g/mol. The first-order valence-corrected chi connectivity index (χ1v) is 10.7. The zero-order valence-electron chi connectivity index (χ0n) is 17.1. The average molecular weight is 429 g/mol. The van der Waals surface area contributed by atoms with Crippen LogP contribution in [0.5, 0.6) is 0 Å². The Hall–Kier alpha value is -3.58. The number of methoxy groups -OCH3 is 1. The first kappa shape index (κ1) is 19.4. The quantitative estimate of drug-likeness (QED) is 0.562. The lowest BCUT2D eigenvalue weighted by molar-refractivity contribution is -0.132. The molecule has 1 spiro atoms. The lowest BCUT2D eigenvalue weighted by Gasteiger charge is -2.46. The molecule has 5 rings (SSSR count). The molecule has 0 aromatic heterocycles. The largest absolute Gasteiger partial charge is 0.464 e. The van der Waals surface area contributed by atoms with Crippen LogP contribution in [0, 0.1) is 0 Å². The second-order valence-electron chi connectivity index (χ2n) is 7.13. The van der Waals surface area contributed by atoms with Crippen LogP contribution < -0.4 is 10.0 Å². The molecule has 3 aromatic rings. The zero-order chi connectivity index (χ0) is 21.4. The van der Waals surface area contributed by atoms with Crippen molar-refractivity contribution in [3.05, 3.63) is 96.1 Å². The van der Waals surface area contributed by atoms with Gasteiger partial charge in [-0.25, -0.2) is 14.8 Å². The number of benzene rings is 3. The lowest BCUT2D eigenvalue weighted by Crippen LogP contribution is -2.53. The molecular weight excluding hydrogens is 408 g/mol. The van der Waals surface area contributed by atoms with Gasteiger partial charge >= 0.3 is 5.97 Å². The summed E-state index contributed by atoms with van der Waals surface area (Å²) in [6.45, 7) is 2.00. The van der Waals surface area contributed by atoms with Crippen LogP contribution in [-0.4, -0.2) is 23.8 Å². The minimum atomic E-state index is -0.928. The Labute approximate surface area is 184 Å². The van der Waals surface area contributed by atoms with Crippen LogP contribution in [0.2, 0.25) is 0 Å². The highest BCUT2D eigenvalue weighted by Gasteiger charge is 2.56. The van der Waals surface area contributed by atoms with Gasteiger partial charge in [-0.3, -0.25) is 0 Å². The van der Waals surface area contributed by atoms with Gasteiger partial charge in [0.05, 0.1) is 24.2 Å². The summed E-state index contributed by atoms with van der Waals surface area (Å²) < 4.78 is 5.03. The van der Waals surface area contributed by atoms with Crippen molar-refractivity contribution in [2.45, 2.75) is 11.9 Å². The third-order valence-corrected chi connectivity index (χ3v) is 6.58. The van der Waals surface area contributed by atoms with Crippen LogP contribution in [0.3, 0.4) is 0 Å². The topological polar surface area (TPSA) is 57.5 Å². The van der Waals surface area contributed by atoms with Crippen molar-refractivity contribution in [3.63, 3.8) is 0 Å². The highest BCUT2D eigenvalue weighted by molar-refractivity contribution is 8.16. The fourth-order valence-corrected chi connectivity index (χ4v) is 5.21. The van der Waals surface area contributed by atoms with E-state index in [0.717, 1.165) is 28.2 Å². The van der Waals surface area contributed by atoms with Gasteiger partial charge in [-0.05, 0) is 43.0 Å². The molecule has 2 aliphatic rings. The molecule has 0 N–H and O–H groups in total. The van der Waals surface area contributed by atoms with E-state index in [4.69, 9.17) is 14.9 Å². The third-order valence-electron chi connectivity index (χ3n) is 5.28. The molecule has 0 radical (unpaired) electrons. The van der Waals surface area contributed by atoms with Crippen LogP contribution in [-0.2, 0) is 14.5 Å². The van der Waals surface area contributed by atoms with E-state index in [2.05, 4.69) is 12.1 Å². The van der Waals surface area contributed by atoms with Crippen LogP contribution in [0.15, 0.2) is 95.1 Å². The number of carbonyl (C=O) groups excluding carboxylic acids is 1. The van der Waals surface area contributed by atoms with E-state index in [1.54, 1.807) is 0 Å². The van der Waals surface area contributed by atoms with Crippen molar-refractivity contribution in [2.75, 3.05) is 17.1 Å². The number of carbonyl (C=O) groups is 1. The molecule has 0 fully saturated rings. The summed E-state index contributed by atoms with van der Waals surface area (Å²) in [7, 11) is 1.37. The van der Waals surface area contributed by atoms with E-state index >= 15 is 0 Å². The van der Waals surface area contributed by atoms with Crippen molar-refractivity contribution >= 4 is 39.9 Å². The normalized spacial score (nSPS) is 19.7. The second kappa shape index (κ2) is 7.59. The highest BCUT2D eigenvalue weighted by Crippen LogP contribution is 2.54. The number of thioether (sulfide) groups is 1. The predicted molar refractivity (Wildman–Crippen MR) is 125 cm³/mol. The molecule has 0 saturated carbocycles. The Morgan fingerprint density at radius 1 is 0.839 bits per heavy atom. The molecule has 2 aliphatic heterocycles. The SMILES string of the molecule is COC(=O)C1=NN(c2ccccc2)C2(S1)c1ccccc1C(C)=NN2c1ccccc1. The fourth-order valence-electron chi connectivity index (χ4n) is 3.90. The Bertz CT molecular complexity index is 1200. The number of rotatable bonds is 3. The maximum Gasteiger partial charge on any atom is 0.365 e. The Kier molecular flexibility index (Phi) is 4.75. The van der Waals surface area contributed by atoms with Gasteiger partial charge in [0, 0.05) is 11.1 Å². The molecule has 0 aliphatic carbocycles. The van der Waals surface area contributed by atoms with Gasteiger partial charge < -0.3 is 4.74 Å². The van der Waals surface area contributed by atoms with Crippen molar-refractivity contribution in [3.8, 4) is 0 Å². The van der Waals surface area contributed by atoms with Crippen molar-refractivity contribution in [1.29, 1.82) is 0 Å². The van der Waals surface area contributed by atoms with Gasteiger partial charge in [0.15, 0.2) is 0 Å². The number of fused-ring (bicyclic) bond motifs is 2. The summed E-state index contributed by atoms with van der Waals surface area (Å²) in [5.74, 6) is -0.473. The van der Waals surface area contributed by atoms with E-state index < -0.39 is 11.0 Å². The van der Waals surface area contributed by atoms with Crippen LogP contribution in [0.25, 0.3) is 0 Å². The maximum absolute atomic E-state index is 12.6. The molecule has 2 heterocycles. The molecule has 1 atom stereocenters. The molecule has 0 amide bonds. The first-order chi connectivity index (χ1) is 15.1. The van der Waals surface area contributed by atoms with E-state index in [-0.39, 0.29) is 5.04 Å². The van der Waals surface area contributed by atoms with Gasteiger partial charge in [0.2, 0.25) is 10.0 Å². The van der Waals surface area contributed by atoms with Gasteiger partial charge in [0.25, 0.3) is 0 Å². The van der Waals surface area contributed by atoms with E-state index in [0.29, 0.717) is 0 Å². The molecular formula is C24H20N4O2S. The number of nitrogens with zero attached hydrogens (tertiary/aromatic N) is 4. The molecule has 31 heavy (non-hydrogen) atoms. The lowest BCUT2D eigenvalue weighted by atomic mass is 9.98. The van der Waals surface area contributed by atoms with Gasteiger partial charge in [-0.15, -0.1) is 0 Å². The van der Waals surface area contributed by atoms with Crippen LogP contribution in [0.4, 0.5) is 11.4 Å². The summed E-state index contributed by atoms with van der Waals surface area (Å²) in [5, 5.41) is 13.8. The van der Waals surface area contributed by atoms with E-state index in [9.17, 15) is 4.79 Å².